The average molecular weight is 513 g/mol. The number of ketones is 2. The van der Waals surface area contributed by atoms with Gasteiger partial charge in [0.1, 0.15) is 17.9 Å². The van der Waals surface area contributed by atoms with Gasteiger partial charge in [-0.3, -0.25) is 9.59 Å². The monoisotopic (exact) mass is 512 g/mol. The summed E-state index contributed by atoms with van der Waals surface area (Å²) in [7, 11) is 7.91. The number of aldehydes is 1. The van der Waals surface area contributed by atoms with Crippen LogP contribution in [0.2, 0.25) is 0 Å². The standard InChI is InChI=1S/C13H22O3.C11H16O2.C4H10O3/c1-10(14)13-6-4-12(9-13,5-7-13)8-11(15-2)16-3;1-9(13)11-4-2-10(8-11,3-5-11)6-7-12;1-5-4(6-2)7-3/h11H,4-9H2,1-3H3;7H,2-6,8H2,1H3;4H,1-3H3. The van der Waals surface area contributed by atoms with E-state index in [4.69, 9.17) is 9.47 Å². The van der Waals surface area contributed by atoms with Gasteiger partial charge in [-0.25, -0.2) is 0 Å². The van der Waals surface area contributed by atoms with Crippen LogP contribution in [0.1, 0.15) is 90.9 Å². The van der Waals surface area contributed by atoms with E-state index in [1.165, 1.54) is 21.3 Å². The molecule has 0 spiro atoms. The number of carbonyl (C=O) groups excluding carboxylic acids is 3. The number of Topliss-reactive ketones (excluding diaryl/α,β-unsaturated/α-hetero) is 2. The van der Waals surface area contributed by atoms with E-state index in [1.807, 2.05) is 0 Å². The molecule has 4 aliphatic rings. The molecule has 4 aliphatic carbocycles. The molecule has 0 aromatic heterocycles. The highest BCUT2D eigenvalue weighted by Gasteiger charge is 2.57. The molecule has 0 saturated heterocycles. The molecule has 8 nitrogen and oxygen atoms in total. The Morgan fingerprint density at radius 1 is 0.667 bits per heavy atom. The van der Waals surface area contributed by atoms with Crippen molar-refractivity contribution in [1.29, 1.82) is 0 Å². The summed E-state index contributed by atoms with van der Waals surface area (Å²) in [4.78, 5) is 33.7. The molecule has 208 valence electrons. The van der Waals surface area contributed by atoms with E-state index < -0.39 is 6.48 Å². The topological polar surface area (TPSA) is 97.4 Å². The maximum absolute atomic E-state index is 11.7. The minimum absolute atomic E-state index is 0.00598. The highest BCUT2D eigenvalue weighted by molar-refractivity contribution is 5.84. The Hall–Kier alpha value is -1.19. The van der Waals surface area contributed by atoms with Crippen molar-refractivity contribution in [2.75, 3.05) is 35.5 Å². The van der Waals surface area contributed by atoms with Gasteiger partial charge in [0.25, 0.3) is 6.48 Å². The van der Waals surface area contributed by atoms with Gasteiger partial charge in [-0.1, -0.05) is 0 Å². The largest absolute Gasteiger partial charge is 0.356 e. The van der Waals surface area contributed by atoms with Crippen molar-refractivity contribution in [3.8, 4) is 0 Å². The van der Waals surface area contributed by atoms with Crippen LogP contribution in [0.25, 0.3) is 0 Å². The first kappa shape index (κ1) is 31.0. The van der Waals surface area contributed by atoms with E-state index in [9.17, 15) is 14.4 Å². The van der Waals surface area contributed by atoms with Gasteiger partial charge in [-0.05, 0) is 88.9 Å². The number of hydrogen-bond donors (Lipinski definition) is 0. The number of rotatable bonds is 11. The molecule has 0 radical (unpaired) electrons. The van der Waals surface area contributed by atoms with Gasteiger partial charge in [-0.15, -0.1) is 0 Å². The van der Waals surface area contributed by atoms with Crippen LogP contribution in [0.4, 0.5) is 0 Å². The smallest absolute Gasteiger partial charge is 0.270 e. The highest BCUT2D eigenvalue weighted by Crippen LogP contribution is 2.64. The summed E-state index contributed by atoms with van der Waals surface area (Å²) in [5, 5.41) is 0. The van der Waals surface area contributed by atoms with Gasteiger partial charge in [-0.2, -0.15) is 0 Å². The summed E-state index contributed by atoms with van der Waals surface area (Å²) in [5.41, 5.74) is 0.505. The van der Waals surface area contributed by atoms with E-state index in [0.29, 0.717) is 23.4 Å². The third-order valence-electron chi connectivity index (χ3n) is 9.68. The van der Waals surface area contributed by atoms with Crippen LogP contribution in [0.3, 0.4) is 0 Å². The highest BCUT2D eigenvalue weighted by atomic mass is 16.8. The van der Waals surface area contributed by atoms with Crippen molar-refractivity contribution in [2.24, 2.45) is 21.7 Å². The zero-order chi connectivity index (χ0) is 27.0. The van der Waals surface area contributed by atoms with Crippen LogP contribution in [0.5, 0.6) is 0 Å². The Balaban J connectivity index is 0.000000205. The Morgan fingerprint density at radius 3 is 1.33 bits per heavy atom. The molecule has 0 heterocycles. The van der Waals surface area contributed by atoms with E-state index in [0.717, 1.165) is 76.9 Å². The van der Waals surface area contributed by atoms with Crippen LogP contribution in [-0.2, 0) is 38.1 Å². The quantitative estimate of drug-likeness (QED) is 0.286. The summed E-state index contributed by atoms with van der Waals surface area (Å²) in [5.74, 6) is 0.732. The summed E-state index contributed by atoms with van der Waals surface area (Å²) < 4.78 is 24.4. The van der Waals surface area contributed by atoms with Gasteiger partial charge in [0.15, 0.2) is 6.29 Å². The molecule has 0 N–H and O–H groups in total. The molecule has 0 aliphatic heterocycles. The first-order valence-corrected chi connectivity index (χ1v) is 13.1. The molecule has 36 heavy (non-hydrogen) atoms. The fourth-order valence-corrected chi connectivity index (χ4v) is 7.25. The lowest BCUT2D eigenvalue weighted by Crippen LogP contribution is -2.25. The van der Waals surface area contributed by atoms with E-state index in [2.05, 4.69) is 14.2 Å². The molecule has 4 fully saturated rings. The van der Waals surface area contributed by atoms with Crippen LogP contribution in [-0.4, -0.2) is 66.2 Å². The van der Waals surface area contributed by atoms with Crippen LogP contribution < -0.4 is 0 Å². The average Bonchev–Trinajstić information content (AvgIpc) is 3.63. The van der Waals surface area contributed by atoms with Crippen molar-refractivity contribution < 1.29 is 38.1 Å². The molecule has 0 unspecified atom stereocenters. The van der Waals surface area contributed by atoms with E-state index in [-0.39, 0.29) is 22.5 Å². The third-order valence-corrected chi connectivity index (χ3v) is 9.68. The number of ether oxygens (including phenoxy) is 5. The number of methoxy groups -OCH3 is 5. The molecule has 8 heteroatoms. The predicted molar refractivity (Wildman–Crippen MR) is 135 cm³/mol. The second kappa shape index (κ2) is 13.1. The van der Waals surface area contributed by atoms with Gasteiger partial charge < -0.3 is 28.5 Å². The molecule has 4 bridgehead atoms. The fourth-order valence-electron chi connectivity index (χ4n) is 7.25. The maximum Gasteiger partial charge on any atom is 0.270 e. The predicted octanol–water partition coefficient (Wildman–Crippen LogP) is 4.86. The van der Waals surface area contributed by atoms with E-state index in [1.54, 1.807) is 28.1 Å². The minimum atomic E-state index is -0.514. The SMILES string of the molecule is CC(=O)C12CCC(CC=O)(CC1)C2.COC(CC12CCC(C(C)=O)(CC1)C2)OC.COC(OC)OC. The zero-order valence-corrected chi connectivity index (χ0v) is 23.5. The molecule has 4 saturated carbocycles. The second-order valence-corrected chi connectivity index (χ2v) is 11.5. The molecule has 4 rings (SSSR count). The molecule has 0 aromatic carbocycles. The molecule has 0 amide bonds. The molecule has 0 atom stereocenters. The first-order valence-electron chi connectivity index (χ1n) is 13.1. The lowest BCUT2D eigenvalue weighted by Gasteiger charge is -2.29. The Morgan fingerprint density at radius 2 is 1.06 bits per heavy atom. The Bertz CT molecular complexity index is 718. The lowest BCUT2D eigenvalue weighted by atomic mass is 9.79. The Kier molecular flexibility index (Phi) is 11.2. The number of hydrogen-bond acceptors (Lipinski definition) is 8. The fraction of sp³-hybridized carbons (Fsp3) is 0.893. The van der Waals surface area contributed by atoms with Gasteiger partial charge in [0.05, 0.1) is 0 Å². The van der Waals surface area contributed by atoms with Crippen molar-refractivity contribution in [3.63, 3.8) is 0 Å². The minimum Gasteiger partial charge on any atom is -0.356 e. The number of carbonyl (C=O) groups is 3. The Labute approximate surface area is 217 Å². The van der Waals surface area contributed by atoms with Crippen LogP contribution >= 0.6 is 0 Å². The lowest BCUT2D eigenvalue weighted by molar-refractivity contribution is -0.252. The van der Waals surface area contributed by atoms with E-state index >= 15 is 0 Å². The number of fused-ring (bicyclic) bond motifs is 4. The van der Waals surface area contributed by atoms with Crippen molar-refractivity contribution in [3.05, 3.63) is 0 Å². The summed E-state index contributed by atoms with van der Waals surface area (Å²) in [6.07, 6.45) is 13.3. The molecular weight excluding hydrogens is 464 g/mol. The van der Waals surface area contributed by atoms with Gasteiger partial charge >= 0.3 is 0 Å². The van der Waals surface area contributed by atoms with Crippen LogP contribution in [0, 0.1) is 21.7 Å². The van der Waals surface area contributed by atoms with Crippen molar-refractivity contribution >= 4 is 17.9 Å². The van der Waals surface area contributed by atoms with Crippen molar-refractivity contribution in [2.45, 2.75) is 104 Å². The van der Waals surface area contributed by atoms with Gasteiger partial charge in [0.2, 0.25) is 0 Å². The zero-order valence-electron chi connectivity index (χ0n) is 23.5. The molecular formula is C28H48O8. The summed E-state index contributed by atoms with van der Waals surface area (Å²) >= 11 is 0. The van der Waals surface area contributed by atoms with Crippen LogP contribution in [0.15, 0.2) is 0 Å². The first-order chi connectivity index (χ1) is 17.0. The third kappa shape index (κ3) is 6.81. The maximum atomic E-state index is 11.7. The van der Waals surface area contributed by atoms with Gasteiger partial charge in [0, 0.05) is 59.2 Å². The summed E-state index contributed by atoms with van der Waals surface area (Å²) in [6, 6.07) is 0. The second-order valence-electron chi connectivity index (χ2n) is 11.5. The summed E-state index contributed by atoms with van der Waals surface area (Å²) in [6.45, 7) is 2.95. The normalized spacial score (nSPS) is 33.8. The molecule has 0 aromatic rings. The van der Waals surface area contributed by atoms with Crippen molar-refractivity contribution in [1.82, 2.24) is 0 Å².